The van der Waals surface area contributed by atoms with E-state index in [9.17, 15) is 9.59 Å². The summed E-state index contributed by atoms with van der Waals surface area (Å²) in [5.41, 5.74) is 0.391. The summed E-state index contributed by atoms with van der Waals surface area (Å²) in [4.78, 5) is 22.1. The highest BCUT2D eigenvalue weighted by molar-refractivity contribution is 5.98. The lowest BCUT2D eigenvalue weighted by Gasteiger charge is -2.07. The summed E-state index contributed by atoms with van der Waals surface area (Å²) in [7, 11) is 2.97. The minimum Gasteiger partial charge on any atom is -0.497 e. The molecule has 0 unspecified atom stereocenters. The van der Waals surface area contributed by atoms with Gasteiger partial charge in [-0.2, -0.15) is 0 Å². The third kappa shape index (κ3) is 3.79. The van der Waals surface area contributed by atoms with Crippen LogP contribution in [0.25, 0.3) is 0 Å². The van der Waals surface area contributed by atoms with E-state index in [2.05, 4.69) is 0 Å². The Hall–Kier alpha value is -2.04. The molecule has 0 saturated heterocycles. The second kappa shape index (κ2) is 5.89. The lowest BCUT2D eigenvalue weighted by Crippen LogP contribution is -2.04. The summed E-state index contributed by atoms with van der Waals surface area (Å²) in [6.07, 6.45) is -0.218. The Balaban J connectivity index is 2.88. The molecule has 92 valence electrons. The van der Waals surface area contributed by atoms with Crippen LogP contribution >= 0.6 is 0 Å². The van der Waals surface area contributed by atoms with E-state index in [-0.39, 0.29) is 18.6 Å². The summed E-state index contributed by atoms with van der Waals surface area (Å²) >= 11 is 0. The van der Waals surface area contributed by atoms with Crippen LogP contribution in [-0.2, 0) is 4.79 Å². The average molecular weight is 238 g/mol. The number of hydrogen-bond donors (Lipinski definition) is 1. The van der Waals surface area contributed by atoms with Gasteiger partial charge < -0.3 is 14.6 Å². The number of methoxy groups -OCH3 is 2. The zero-order chi connectivity index (χ0) is 12.8. The molecule has 0 saturated carbocycles. The minimum atomic E-state index is -0.992. The van der Waals surface area contributed by atoms with Crippen molar-refractivity contribution in [3.63, 3.8) is 0 Å². The van der Waals surface area contributed by atoms with Crippen LogP contribution in [0.5, 0.6) is 11.5 Å². The molecule has 0 bridgehead atoms. The monoisotopic (exact) mass is 238 g/mol. The van der Waals surface area contributed by atoms with E-state index in [1.807, 2.05) is 0 Å². The quantitative estimate of drug-likeness (QED) is 0.764. The highest BCUT2D eigenvalue weighted by Crippen LogP contribution is 2.23. The Bertz CT molecular complexity index is 403. The fraction of sp³-hybridized carbons (Fsp3) is 0.333. The van der Waals surface area contributed by atoms with Gasteiger partial charge in [-0.3, -0.25) is 9.59 Å². The van der Waals surface area contributed by atoms with Crippen molar-refractivity contribution in [2.45, 2.75) is 12.8 Å². The first kappa shape index (κ1) is 13.0. The number of hydrogen-bond acceptors (Lipinski definition) is 4. The van der Waals surface area contributed by atoms with Crippen LogP contribution in [0.3, 0.4) is 0 Å². The fourth-order valence-electron chi connectivity index (χ4n) is 1.33. The van der Waals surface area contributed by atoms with Gasteiger partial charge in [0.2, 0.25) is 0 Å². The Morgan fingerprint density at radius 2 is 1.59 bits per heavy atom. The van der Waals surface area contributed by atoms with Crippen molar-refractivity contribution in [2.24, 2.45) is 0 Å². The number of Topliss-reactive ketones (excluding diaryl/α,β-unsaturated/α-hetero) is 1. The summed E-state index contributed by atoms with van der Waals surface area (Å²) in [6, 6.07) is 4.77. The number of benzene rings is 1. The van der Waals surface area contributed by atoms with E-state index in [4.69, 9.17) is 14.6 Å². The maximum Gasteiger partial charge on any atom is 0.303 e. The van der Waals surface area contributed by atoms with Crippen LogP contribution in [0.15, 0.2) is 18.2 Å². The number of carbonyl (C=O) groups excluding carboxylic acids is 1. The van der Waals surface area contributed by atoms with Crippen molar-refractivity contribution >= 4 is 11.8 Å². The first-order valence-corrected chi connectivity index (χ1v) is 5.05. The van der Waals surface area contributed by atoms with Crippen LogP contribution in [0.4, 0.5) is 0 Å². The molecule has 0 heterocycles. The number of ketones is 1. The summed E-state index contributed by atoms with van der Waals surface area (Å²) in [5, 5.41) is 8.51. The first-order chi connectivity index (χ1) is 8.06. The van der Waals surface area contributed by atoms with Crippen molar-refractivity contribution in [2.75, 3.05) is 14.2 Å². The molecule has 17 heavy (non-hydrogen) atoms. The topological polar surface area (TPSA) is 72.8 Å². The van der Waals surface area contributed by atoms with E-state index >= 15 is 0 Å². The molecule has 0 aliphatic rings. The number of carbonyl (C=O) groups is 2. The van der Waals surface area contributed by atoms with E-state index < -0.39 is 5.97 Å². The molecule has 0 amide bonds. The van der Waals surface area contributed by atoms with Crippen molar-refractivity contribution in [3.8, 4) is 11.5 Å². The minimum absolute atomic E-state index is 0.0361. The van der Waals surface area contributed by atoms with Crippen LogP contribution in [0, 0.1) is 0 Å². The Labute approximate surface area is 99.0 Å². The van der Waals surface area contributed by atoms with Gasteiger partial charge in [0.15, 0.2) is 5.78 Å². The SMILES string of the molecule is COc1cc(OC)cc(C(=O)CCC(=O)O)c1. The molecule has 0 aromatic heterocycles. The molecule has 0 aliphatic carbocycles. The van der Waals surface area contributed by atoms with Gasteiger partial charge >= 0.3 is 5.97 Å². The van der Waals surface area contributed by atoms with E-state index in [0.29, 0.717) is 17.1 Å². The van der Waals surface area contributed by atoms with Gasteiger partial charge in [0.1, 0.15) is 11.5 Å². The average Bonchev–Trinajstić information content (AvgIpc) is 2.34. The fourth-order valence-corrected chi connectivity index (χ4v) is 1.33. The second-order valence-electron chi connectivity index (χ2n) is 3.42. The zero-order valence-corrected chi connectivity index (χ0v) is 9.73. The zero-order valence-electron chi connectivity index (χ0n) is 9.73. The summed E-state index contributed by atoms with van der Waals surface area (Å²) in [5.74, 6) is -0.233. The molecule has 0 atom stereocenters. The van der Waals surface area contributed by atoms with E-state index in [0.717, 1.165) is 0 Å². The standard InChI is InChI=1S/C12H14O5/c1-16-9-5-8(6-10(7-9)17-2)11(13)3-4-12(14)15/h5-7H,3-4H2,1-2H3,(H,14,15). The normalized spacial score (nSPS) is 9.76. The van der Waals surface area contributed by atoms with Gasteiger partial charge in [-0.1, -0.05) is 0 Å². The number of ether oxygens (including phenoxy) is 2. The molecule has 0 fully saturated rings. The molecule has 1 aromatic carbocycles. The third-order valence-electron chi connectivity index (χ3n) is 2.24. The lowest BCUT2D eigenvalue weighted by atomic mass is 10.1. The van der Waals surface area contributed by atoms with Crippen molar-refractivity contribution in [3.05, 3.63) is 23.8 Å². The smallest absolute Gasteiger partial charge is 0.303 e. The molecule has 5 nitrogen and oxygen atoms in total. The van der Waals surface area contributed by atoms with Gasteiger partial charge in [0.05, 0.1) is 20.6 Å². The molecule has 0 aliphatic heterocycles. The van der Waals surface area contributed by atoms with Gasteiger partial charge in [0.25, 0.3) is 0 Å². The molecule has 1 aromatic rings. The lowest BCUT2D eigenvalue weighted by molar-refractivity contribution is -0.136. The summed E-state index contributed by atoms with van der Waals surface area (Å²) < 4.78 is 10.0. The Morgan fingerprint density at radius 3 is 2.00 bits per heavy atom. The maximum absolute atomic E-state index is 11.7. The number of rotatable bonds is 6. The van der Waals surface area contributed by atoms with Crippen LogP contribution in [0.1, 0.15) is 23.2 Å². The van der Waals surface area contributed by atoms with Gasteiger partial charge in [-0.05, 0) is 12.1 Å². The predicted octanol–water partition coefficient (Wildman–Crippen LogP) is 1.75. The van der Waals surface area contributed by atoms with Crippen molar-refractivity contribution in [1.82, 2.24) is 0 Å². The molecule has 1 N–H and O–H groups in total. The van der Waals surface area contributed by atoms with E-state index in [1.165, 1.54) is 14.2 Å². The number of carboxylic acid groups (broad SMARTS) is 1. The van der Waals surface area contributed by atoms with Crippen LogP contribution in [0.2, 0.25) is 0 Å². The molecule has 1 rings (SSSR count). The Morgan fingerprint density at radius 1 is 1.06 bits per heavy atom. The van der Waals surface area contributed by atoms with E-state index in [1.54, 1.807) is 18.2 Å². The molecule has 5 heteroatoms. The molecular weight excluding hydrogens is 224 g/mol. The van der Waals surface area contributed by atoms with Crippen molar-refractivity contribution in [1.29, 1.82) is 0 Å². The molecular formula is C12H14O5. The van der Waals surface area contributed by atoms with Crippen molar-refractivity contribution < 1.29 is 24.2 Å². The highest BCUT2D eigenvalue weighted by Gasteiger charge is 2.11. The first-order valence-electron chi connectivity index (χ1n) is 5.05. The van der Waals surface area contributed by atoms with Gasteiger partial charge in [-0.25, -0.2) is 0 Å². The van der Waals surface area contributed by atoms with Gasteiger partial charge in [-0.15, -0.1) is 0 Å². The maximum atomic E-state index is 11.7. The molecule has 0 radical (unpaired) electrons. The second-order valence-corrected chi connectivity index (χ2v) is 3.42. The predicted molar refractivity (Wildman–Crippen MR) is 60.7 cm³/mol. The highest BCUT2D eigenvalue weighted by atomic mass is 16.5. The largest absolute Gasteiger partial charge is 0.497 e. The van der Waals surface area contributed by atoms with Crippen LogP contribution in [-0.4, -0.2) is 31.1 Å². The number of carboxylic acids is 1. The molecule has 0 spiro atoms. The Kier molecular flexibility index (Phi) is 4.51. The summed E-state index contributed by atoms with van der Waals surface area (Å²) in [6.45, 7) is 0. The van der Waals surface area contributed by atoms with Crippen LogP contribution < -0.4 is 9.47 Å². The third-order valence-corrected chi connectivity index (χ3v) is 2.24. The van der Waals surface area contributed by atoms with Gasteiger partial charge in [0, 0.05) is 18.1 Å². The number of aliphatic carboxylic acids is 1.